The smallest absolute Gasteiger partial charge is 0.408 e. The minimum atomic E-state index is -0.581. The first-order valence-electron chi connectivity index (χ1n) is 12.0. The zero-order valence-electron chi connectivity index (χ0n) is 20.3. The van der Waals surface area contributed by atoms with E-state index in [9.17, 15) is 9.90 Å². The first-order chi connectivity index (χ1) is 14.3. The average molecular weight is 432 g/mol. The fourth-order valence-corrected chi connectivity index (χ4v) is 3.46. The van der Waals surface area contributed by atoms with Crippen LogP contribution in [0.4, 0.5) is 4.79 Å². The zero-order chi connectivity index (χ0) is 22.7. The molecule has 180 valence electrons. The Bertz CT molecular complexity index is 398. The maximum absolute atomic E-state index is 12.0. The summed E-state index contributed by atoms with van der Waals surface area (Å²) in [6, 6.07) is -0.511. The molecule has 0 spiro atoms. The molecule has 30 heavy (non-hydrogen) atoms. The fraction of sp³-hybridized carbons (Fsp3) is 0.958. The molecule has 0 aliphatic heterocycles. The molecule has 0 aliphatic carbocycles. The van der Waals surface area contributed by atoms with E-state index >= 15 is 0 Å². The van der Waals surface area contributed by atoms with Crippen LogP contribution in [0.2, 0.25) is 0 Å². The summed E-state index contributed by atoms with van der Waals surface area (Å²) in [6.07, 6.45) is 15.4. The molecule has 0 unspecified atom stereocenters. The monoisotopic (exact) mass is 431 g/mol. The number of ether oxygens (including phenoxy) is 3. The van der Waals surface area contributed by atoms with Crippen molar-refractivity contribution in [2.24, 2.45) is 0 Å². The van der Waals surface area contributed by atoms with E-state index in [4.69, 9.17) is 14.2 Å². The van der Waals surface area contributed by atoms with Crippen molar-refractivity contribution in [3.8, 4) is 0 Å². The van der Waals surface area contributed by atoms with Gasteiger partial charge in [-0.2, -0.15) is 0 Å². The van der Waals surface area contributed by atoms with Crippen molar-refractivity contribution in [3.63, 3.8) is 0 Å². The normalized spacial score (nSPS) is 13.8. The van der Waals surface area contributed by atoms with Crippen LogP contribution in [0, 0.1) is 0 Å². The molecule has 2 N–H and O–H groups in total. The van der Waals surface area contributed by atoms with Gasteiger partial charge in [0.15, 0.2) is 0 Å². The number of nitrogens with one attached hydrogen (secondary N) is 1. The van der Waals surface area contributed by atoms with Gasteiger partial charge in [-0.3, -0.25) is 0 Å². The number of rotatable bonds is 19. The molecule has 0 aromatic rings. The number of carbonyl (C=O) groups excluding carboxylic acids is 1. The summed E-state index contributed by atoms with van der Waals surface area (Å²) in [5, 5.41) is 12.5. The highest BCUT2D eigenvalue weighted by Crippen LogP contribution is 2.16. The van der Waals surface area contributed by atoms with Crippen molar-refractivity contribution in [2.75, 3.05) is 20.5 Å². The highest BCUT2D eigenvalue weighted by molar-refractivity contribution is 5.68. The average Bonchev–Trinajstić information content (AvgIpc) is 2.68. The van der Waals surface area contributed by atoms with Gasteiger partial charge in [0.2, 0.25) is 0 Å². The molecule has 0 saturated carbocycles. The van der Waals surface area contributed by atoms with E-state index in [1.54, 1.807) is 7.11 Å². The van der Waals surface area contributed by atoms with Crippen LogP contribution in [0.5, 0.6) is 0 Å². The van der Waals surface area contributed by atoms with E-state index in [1.807, 2.05) is 20.8 Å². The maximum Gasteiger partial charge on any atom is 0.408 e. The number of hydrogen-bond acceptors (Lipinski definition) is 5. The lowest BCUT2D eigenvalue weighted by Gasteiger charge is -2.28. The van der Waals surface area contributed by atoms with E-state index in [-0.39, 0.29) is 19.5 Å². The highest BCUT2D eigenvalue weighted by Gasteiger charge is 2.26. The maximum atomic E-state index is 12.0. The Hall–Kier alpha value is -0.850. The quantitative estimate of drug-likeness (QED) is 0.195. The van der Waals surface area contributed by atoms with Gasteiger partial charge >= 0.3 is 6.09 Å². The van der Waals surface area contributed by atoms with Gasteiger partial charge in [0.25, 0.3) is 0 Å². The number of aliphatic hydroxyl groups is 1. The second-order valence-corrected chi connectivity index (χ2v) is 9.22. The summed E-state index contributed by atoms with van der Waals surface area (Å²) in [5.74, 6) is 0. The number of carbonyl (C=O) groups is 1. The Morgan fingerprint density at radius 1 is 0.900 bits per heavy atom. The molecule has 0 aromatic carbocycles. The van der Waals surface area contributed by atoms with Gasteiger partial charge in [-0.15, -0.1) is 0 Å². The van der Waals surface area contributed by atoms with Gasteiger partial charge in [-0.1, -0.05) is 84.0 Å². The second-order valence-electron chi connectivity index (χ2n) is 9.22. The topological polar surface area (TPSA) is 77.0 Å². The molecular weight excluding hydrogens is 382 g/mol. The van der Waals surface area contributed by atoms with Crippen molar-refractivity contribution in [1.29, 1.82) is 0 Å². The van der Waals surface area contributed by atoms with Crippen LogP contribution in [-0.4, -0.2) is 49.5 Å². The molecule has 0 aromatic heterocycles. The minimum Gasteiger partial charge on any atom is -0.444 e. The number of alkyl carbamates (subject to hydrolysis) is 1. The van der Waals surface area contributed by atoms with Gasteiger partial charge in [0.1, 0.15) is 12.4 Å². The van der Waals surface area contributed by atoms with E-state index in [0.29, 0.717) is 0 Å². The molecule has 6 nitrogen and oxygen atoms in total. The highest BCUT2D eigenvalue weighted by atomic mass is 16.7. The number of methoxy groups -OCH3 is 1. The first-order valence-corrected chi connectivity index (χ1v) is 12.0. The van der Waals surface area contributed by atoms with Crippen LogP contribution in [0.15, 0.2) is 0 Å². The zero-order valence-corrected chi connectivity index (χ0v) is 20.3. The molecule has 0 fully saturated rings. The Balaban J connectivity index is 4.05. The third-order valence-electron chi connectivity index (χ3n) is 5.09. The fourth-order valence-electron chi connectivity index (χ4n) is 3.46. The van der Waals surface area contributed by atoms with Crippen LogP contribution in [0.25, 0.3) is 0 Å². The lowest BCUT2D eigenvalue weighted by atomic mass is 10.0. The predicted molar refractivity (Wildman–Crippen MR) is 123 cm³/mol. The molecular formula is C24H49NO5. The number of aliphatic hydroxyl groups excluding tert-OH is 1. The van der Waals surface area contributed by atoms with Gasteiger partial charge in [-0.05, 0) is 27.2 Å². The molecule has 0 bridgehead atoms. The molecule has 0 saturated heterocycles. The van der Waals surface area contributed by atoms with Crippen molar-refractivity contribution < 1.29 is 24.1 Å². The van der Waals surface area contributed by atoms with E-state index in [1.165, 1.54) is 64.2 Å². The molecule has 2 atom stereocenters. The van der Waals surface area contributed by atoms with Crippen LogP contribution >= 0.6 is 0 Å². The molecule has 6 heteroatoms. The Morgan fingerprint density at radius 2 is 1.40 bits per heavy atom. The molecule has 1 amide bonds. The predicted octanol–water partition coefficient (Wildman–Crippen LogP) is 5.95. The van der Waals surface area contributed by atoms with Gasteiger partial charge in [0, 0.05) is 7.11 Å². The minimum absolute atomic E-state index is 0.134. The standard InChI is InChI=1S/C24H49NO5/c1-6-7-8-9-10-11-12-13-14-15-16-17-18-22(29-20-28-5)21(19-26)25-23(27)30-24(2,3)4/h21-22,26H,6-20H2,1-5H3,(H,25,27)/t21-,22-/m0/s1. The third kappa shape index (κ3) is 18.0. The van der Waals surface area contributed by atoms with Crippen LogP contribution in [0.3, 0.4) is 0 Å². The molecule has 0 rings (SSSR count). The number of hydrogen-bond donors (Lipinski definition) is 2. The van der Waals surface area contributed by atoms with Crippen LogP contribution < -0.4 is 5.32 Å². The Morgan fingerprint density at radius 3 is 1.83 bits per heavy atom. The summed E-state index contributed by atoms with van der Waals surface area (Å²) in [7, 11) is 1.57. The Labute approximate surface area is 185 Å². The third-order valence-corrected chi connectivity index (χ3v) is 5.09. The largest absolute Gasteiger partial charge is 0.444 e. The van der Waals surface area contributed by atoms with E-state index in [2.05, 4.69) is 12.2 Å². The molecule has 0 aliphatic rings. The summed E-state index contributed by atoms with van der Waals surface area (Å²) in [5.41, 5.74) is -0.581. The molecule has 0 radical (unpaired) electrons. The summed E-state index contributed by atoms with van der Waals surface area (Å²) in [6.45, 7) is 7.62. The lowest BCUT2D eigenvalue weighted by molar-refractivity contribution is -0.0915. The second kappa shape index (κ2) is 18.9. The summed E-state index contributed by atoms with van der Waals surface area (Å²) >= 11 is 0. The number of unbranched alkanes of at least 4 members (excludes halogenated alkanes) is 11. The SMILES string of the molecule is CCCCCCCCCCCCCC[C@H](OCOC)[C@H](CO)NC(=O)OC(C)(C)C. The summed E-state index contributed by atoms with van der Waals surface area (Å²) in [4.78, 5) is 12.0. The molecule has 0 heterocycles. The van der Waals surface area contributed by atoms with E-state index < -0.39 is 17.7 Å². The van der Waals surface area contributed by atoms with Crippen molar-refractivity contribution >= 4 is 6.09 Å². The first kappa shape index (κ1) is 29.1. The van der Waals surface area contributed by atoms with Crippen molar-refractivity contribution in [2.45, 2.75) is 129 Å². The van der Waals surface area contributed by atoms with Gasteiger partial charge in [-0.25, -0.2) is 4.79 Å². The van der Waals surface area contributed by atoms with Gasteiger partial charge < -0.3 is 24.6 Å². The van der Waals surface area contributed by atoms with Crippen molar-refractivity contribution in [1.82, 2.24) is 5.32 Å². The number of amides is 1. The summed E-state index contributed by atoms with van der Waals surface area (Å²) < 4.78 is 16.0. The van der Waals surface area contributed by atoms with Gasteiger partial charge in [0.05, 0.1) is 18.8 Å². The lowest BCUT2D eigenvalue weighted by Crippen LogP contribution is -2.48. The van der Waals surface area contributed by atoms with Crippen LogP contribution in [0.1, 0.15) is 111 Å². The van der Waals surface area contributed by atoms with Crippen molar-refractivity contribution in [3.05, 3.63) is 0 Å². The Kier molecular flexibility index (Phi) is 18.3. The van der Waals surface area contributed by atoms with E-state index in [0.717, 1.165) is 19.3 Å². The van der Waals surface area contributed by atoms with Crippen LogP contribution in [-0.2, 0) is 14.2 Å².